The van der Waals surface area contributed by atoms with Crippen molar-refractivity contribution in [2.75, 3.05) is 0 Å². The van der Waals surface area contributed by atoms with Crippen molar-refractivity contribution >= 4 is 0 Å². The second-order valence-corrected chi connectivity index (χ2v) is 2.04. The van der Waals surface area contributed by atoms with Gasteiger partial charge in [0.15, 0.2) is 5.82 Å². The molecule has 1 aromatic heterocycles. The number of hydrogen-bond acceptors (Lipinski definition) is 5. The summed E-state index contributed by atoms with van der Waals surface area (Å²) in [5.74, 6) is 0.329. The highest BCUT2D eigenvalue weighted by Gasteiger charge is 2.15. The van der Waals surface area contributed by atoms with Gasteiger partial charge >= 0.3 is 0 Å². The average Bonchev–Trinajstić information content (AvgIpc) is 2.36. The van der Waals surface area contributed by atoms with Gasteiger partial charge in [0.05, 0.1) is 12.1 Å². The topological polar surface area (TPSA) is 101 Å². The zero-order valence-electron chi connectivity index (χ0n) is 5.52. The average molecular weight is 143 g/mol. The minimum atomic E-state index is -0.655. The van der Waals surface area contributed by atoms with Crippen molar-refractivity contribution in [3.63, 3.8) is 0 Å². The van der Waals surface area contributed by atoms with Crippen LogP contribution in [0.15, 0.2) is 0 Å². The van der Waals surface area contributed by atoms with Crippen LogP contribution in [-0.2, 0) is 0 Å². The molecule has 0 unspecified atom stereocenters. The maximum atomic E-state index is 8.95. The summed E-state index contributed by atoms with van der Waals surface area (Å²) in [5, 5.41) is 21.7. The third kappa shape index (κ3) is 1.28. The van der Waals surface area contributed by atoms with E-state index >= 15 is 0 Å². The highest BCUT2D eigenvalue weighted by Crippen LogP contribution is 2.05. The first-order chi connectivity index (χ1) is 4.72. The highest BCUT2D eigenvalue weighted by atomic mass is 16.3. The fourth-order valence-electron chi connectivity index (χ4n) is 0.526. The smallest absolute Gasteiger partial charge is 0.193 e. The van der Waals surface area contributed by atoms with E-state index in [-0.39, 0.29) is 0 Å². The summed E-state index contributed by atoms with van der Waals surface area (Å²) in [6.45, 7) is 1.57. The zero-order valence-corrected chi connectivity index (χ0v) is 5.52. The summed E-state index contributed by atoms with van der Waals surface area (Å²) in [4.78, 5) is 0. The van der Waals surface area contributed by atoms with Gasteiger partial charge in [-0.25, -0.2) is 0 Å². The first-order valence-electron chi connectivity index (χ1n) is 2.89. The van der Waals surface area contributed by atoms with Gasteiger partial charge in [-0.2, -0.15) is 5.21 Å². The van der Waals surface area contributed by atoms with Crippen LogP contribution >= 0.6 is 0 Å². The number of nitrogens with zero attached hydrogens (tertiary/aromatic N) is 3. The monoisotopic (exact) mass is 143 g/mol. The number of nitrogens with two attached hydrogens (primary N) is 1. The lowest BCUT2D eigenvalue weighted by Gasteiger charge is -2.08. The van der Waals surface area contributed by atoms with Crippen LogP contribution in [0.5, 0.6) is 0 Å². The van der Waals surface area contributed by atoms with E-state index in [2.05, 4.69) is 20.6 Å². The summed E-state index contributed by atoms with van der Waals surface area (Å²) in [6, 6.07) is -0.557. The first kappa shape index (κ1) is 7.10. The number of aliphatic hydroxyl groups is 1. The molecule has 6 nitrogen and oxygen atoms in total. The Morgan fingerprint density at radius 1 is 1.70 bits per heavy atom. The second-order valence-electron chi connectivity index (χ2n) is 2.04. The molecule has 0 saturated carbocycles. The lowest BCUT2D eigenvalue weighted by atomic mass is 10.2. The Morgan fingerprint density at radius 2 is 2.40 bits per heavy atom. The van der Waals surface area contributed by atoms with E-state index < -0.39 is 12.1 Å². The fourth-order valence-corrected chi connectivity index (χ4v) is 0.526. The van der Waals surface area contributed by atoms with Gasteiger partial charge in [-0.15, -0.1) is 10.2 Å². The Balaban J connectivity index is 2.68. The first-order valence-corrected chi connectivity index (χ1v) is 2.89. The normalized spacial score (nSPS) is 16.7. The third-order valence-corrected chi connectivity index (χ3v) is 1.18. The number of H-pyrrole nitrogens is 1. The van der Waals surface area contributed by atoms with Gasteiger partial charge in [-0.3, -0.25) is 0 Å². The molecule has 10 heavy (non-hydrogen) atoms. The minimum absolute atomic E-state index is 0.329. The van der Waals surface area contributed by atoms with Crippen LogP contribution < -0.4 is 5.73 Å². The molecule has 56 valence electrons. The van der Waals surface area contributed by atoms with Crippen molar-refractivity contribution in [3.05, 3.63) is 5.82 Å². The molecule has 0 aliphatic rings. The number of aromatic nitrogens is 4. The molecule has 1 rings (SSSR count). The van der Waals surface area contributed by atoms with Crippen LogP contribution in [-0.4, -0.2) is 31.8 Å². The molecule has 0 fully saturated rings. The highest BCUT2D eigenvalue weighted by molar-refractivity contribution is 4.89. The molecule has 0 aliphatic carbocycles. The number of rotatable bonds is 2. The molecule has 4 N–H and O–H groups in total. The van der Waals surface area contributed by atoms with Crippen molar-refractivity contribution in [1.29, 1.82) is 0 Å². The van der Waals surface area contributed by atoms with Crippen molar-refractivity contribution in [2.24, 2.45) is 5.73 Å². The van der Waals surface area contributed by atoms with Crippen LogP contribution in [0.2, 0.25) is 0 Å². The molecule has 0 aliphatic heterocycles. The van der Waals surface area contributed by atoms with E-state index in [1.165, 1.54) is 0 Å². The third-order valence-electron chi connectivity index (χ3n) is 1.18. The predicted octanol–water partition coefficient (Wildman–Crippen LogP) is -1.42. The quantitative estimate of drug-likeness (QED) is 0.471. The van der Waals surface area contributed by atoms with Gasteiger partial charge in [0.2, 0.25) is 0 Å². The van der Waals surface area contributed by atoms with Crippen LogP contribution in [0, 0.1) is 0 Å². The molecular formula is C4H9N5O. The number of aromatic amines is 1. The van der Waals surface area contributed by atoms with Crippen LogP contribution in [0.25, 0.3) is 0 Å². The van der Waals surface area contributed by atoms with E-state index in [1.807, 2.05) is 0 Å². The number of aliphatic hydroxyl groups excluding tert-OH is 1. The Labute approximate surface area is 57.4 Å². The molecule has 6 heteroatoms. The summed E-state index contributed by atoms with van der Waals surface area (Å²) in [7, 11) is 0. The number of tetrazole rings is 1. The summed E-state index contributed by atoms with van der Waals surface area (Å²) in [5.41, 5.74) is 5.45. The molecule has 0 amide bonds. The number of nitrogens with one attached hydrogen (secondary N) is 1. The maximum absolute atomic E-state index is 8.95. The van der Waals surface area contributed by atoms with Crippen molar-refractivity contribution in [2.45, 2.75) is 19.1 Å². The largest absolute Gasteiger partial charge is 0.391 e. The van der Waals surface area contributed by atoms with Crippen LogP contribution in [0.4, 0.5) is 0 Å². The summed E-state index contributed by atoms with van der Waals surface area (Å²) < 4.78 is 0. The van der Waals surface area contributed by atoms with Crippen molar-refractivity contribution in [1.82, 2.24) is 20.6 Å². The van der Waals surface area contributed by atoms with Gasteiger partial charge in [-0.05, 0) is 6.92 Å². The van der Waals surface area contributed by atoms with Gasteiger partial charge in [0, 0.05) is 0 Å². The molecule has 0 saturated heterocycles. The van der Waals surface area contributed by atoms with Crippen LogP contribution in [0.1, 0.15) is 18.8 Å². The molecule has 0 spiro atoms. The fraction of sp³-hybridized carbons (Fsp3) is 0.750. The standard InChI is InChI=1S/C4H9N5O/c1-2(10)3(5)4-6-8-9-7-4/h2-3,10H,5H2,1H3,(H,6,7,8,9)/t2-,3+/m1/s1. The summed E-state index contributed by atoms with van der Waals surface area (Å²) >= 11 is 0. The van der Waals surface area contributed by atoms with Crippen molar-refractivity contribution in [3.8, 4) is 0 Å². The van der Waals surface area contributed by atoms with Crippen molar-refractivity contribution < 1.29 is 5.11 Å². The van der Waals surface area contributed by atoms with E-state index in [9.17, 15) is 0 Å². The molecule has 0 radical (unpaired) electrons. The lowest BCUT2D eigenvalue weighted by molar-refractivity contribution is 0.160. The molecule has 0 bridgehead atoms. The summed E-state index contributed by atoms with van der Waals surface area (Å²) in [6.07, 6.45) is -0.655. The Hall–Kier alpha value is -1.01. The van der Waals surface area contributed by atoms with E-state index in [0.717, 1.165) is 0 Å². The molecule has 2 atom stereocenters. The van der Waals surface area contributed by atoms with Gasteiger partial charge < -0.3 is 10.8 Å². The zero-order chi connectivity index (χ0) is 7.56. The van der Waals surface area contributed by atoms with Crippen LogP contribution in [0.3, 0.4) is 0 Å². The lowest BCUT2D eigenvalue weighted by Crippen LogP contribution is -2.24. The predicted molar refractivity (Wildman–Crippen MR) is 32.8 cm³/mol. The maximum Gasteiger partial charge on any atom is 0.193 e. The molecular weight excluding hydrogens is 134 g/mol. The van der Waals surface area contributed by atoms with E-state index in [4.69, 9.17) is 10.8 Å². The van der Waals surface area contributed by atoms with Gasteiger partial charge in [0.1, 0.15) is 0 Å². The van der Waals surface area contributed by atoms with E-state index in [1.54, 1.807) is 6.92 Å². The molecule has 0 aromatic carbocycles. The van der Waals surface area contributed by atoms with E-state index in [0.29, 0.717) is 5.82 Å². The Bertz CT molecular complexity index is 184. The van der Waals surface area contributed by atoms with Gasteiger partial charge in [-0.1, -0.05) is 5.21 Å². The molecule has 1 aromatic rings. The second kappa shape index (κ2) is 2.72. The number of hydrogen-bond donors (Lipinski definition) is 3. The Morgan fingerprint density at radius 3 is 2.80 bits per heavy atom. The molecule has 1 heterocycles. The van der Waals surface area contributed by atoms with Gasteiger partial charge in [0.25, 0.3) is 0 Å². The minimum Gasteiger partial charge on any atom is -0.391 e. The SMILES string of the molecule is C[C@@H](O)[C@H](N)c1nn[nH]n1. The Kier molecular flexibility index (Phi) is 1.93.